The highest BCUT2D eigenvalue weighted by atomic mass is 16.5. The molecule has 1 aromatic rings. The van der Waals surface area contributed by atoms with Crippen LogP contribution in [-0.4, -0.2) is 34.8 Å². The van der Waals surface area contributed by atoms with E-state index in [0.29, 0.717) is 25.5 Å². The van der Waals surface area contributed by atoms with Crippen LogP contribution < -0.4 is 5.01 Å². The Bertz CT molecular complexity index is 445. The fourth-order valence-corrected chi connectivity index (χ4v) is 1.87. The molecular formula is C10H10N4O2. The minimum atomic E-state index is -0.226. The Kier molecular flexibility index (Phi) is 2.14. The molecule has 1 saturated heterocycles. The lowest BCUT2D eigenvalue weighted by atomic mass is 10.0. The molecule has 0 N–H and O–H groups in total. The van der Waals surface area contributed by atoms with Crippen molar-refractivity contribution < 1.29 is 9.53 Å². The molecule has 2 aliphatic heterocycles. The van der Waals surface area contributed by atoms with Crippen molar-refractivity contribution in [1.29, 1.82) is 0 Å². The number of carbonyl (C=O) groups is 1. The highest BCUT2D eigenvalue weighted by molar-refractivity contribution is 6.15. The Labute approximate surface area is 91.9 Å². The summed E-state index contributed by atoms with van der Waals surface area (Å²) in [5, 5.41) is 5.60. The summed E-state index contributed by atoms with van der Waals surface area (Å²) in [6.45, 7) is 1.06. The van der Waals surface area contributed by atoms with Crippen LogP contribution in [0.5, 0.6) is 0 Å². The van der Waals surface area contributed by atoms with E-state index < -0.39 is 0 Å². The van der Waals surface area contributed by atoms with E-state index in [2.05, 4.69) is 15.1 Å². The first-order valence-electron chi connectivity index (χ1n) is 5.11. The maximum absolute atomic E-state index is 12.0. The van der Waals surface area contributed by atoms with Gasteiger partial charge in [0.1, 0.15) is 5.92 Å². The van der Waals surface area contributed by atoms with Crippen LogP contribution in [0, 0.1) is 5.92 Å². The van der Waals surface area contributed by atoms with Gasteiger partial charge < -0.3 is 4.74 Å². The molecule has 0 aliphatic carbocycles. The molecule has 3 rings (SSSR count). The molecule has 1 atom stereocenters. The fraction of sp³-hybridized carbons (Fsp3) is 0.400. The Hall–Kier alpha value is -1.82. The molecule has 1 amide bonds. The van der Waals surface area contributed by atoms with E-state index in [9.17, 15) is 4.79 Å². The van der Waals surface area contributed by atoms with Crippen LogP contribution in [0.15, 0.2) is 23.7 Å². The molecule has 6 nitrogen and oxygen atoms in total. The molecule has 1 fully saturated rings. The summed E-state index contributed by atoms with van der Waals surface area (Å²) in [6, 6.07) is 0. The molecule has 0 saturated carbocycles. The molecule has 3 heterocycles. The maximum Gasteiger partial charge on any atom is 0.260 e. The number of rotatable bonds is 1. The van der Waals surface area contributed by atoms with Crippen LogP contribution in [0.25, 0.3) is 0 Å². The molecule has 0 aromatic carbocycles. The van der Waals surface area contributed by atoms with Crippen LogP contribution in [0.3, 0.4) is 0 Å². The zero-order valence-electron chi connectivity index (χ0n) is 8.54. The van der Waals surface area contributed by atoms with Crippen molar-refractivity contribution in [3.63, 3.8) is 0 Å². The smallest absolute Gasteiger partial charge is 0.260 e. The van der Waals surface area contributed by atoms with Crippen LogP contribution in [0.2, 0.25) is 0 Å². The van der Waals surface area contributed by atoms with Gasteiger partial charge in [0.25, 0.3) is 5.91 Å². The lowest BCUT2D eigenvalue weighted by Crippen LogP contribution is -2.34. The third kappa shape index (κ3) is 1.38. The monoisotopic (exact) mass is 218 g/mol. The van der Waals surface area contributed by atoms with Gasteiger partial charge in [-0.3, -0.25) is 9.78 Å². The Morgan fingerprint density at radius 2 is 2.38 bits per heavy atom. The van der Waals surface area contributed by atoms with E-state index in [-0.39, 0.29) is 11.8 Å². The first-order chi connectivity index (χ1) is 7.86. The van der Waals surface area contributed by atoms with Gasteiger partial charge in [-0.25, -0.2) is 4.98 Å². The predicted molar refractivity (Wildman–Crippen MR) is 55.9 cm³/mol. The van der Waals surface area contributed by atoms with Gasteiger partial charge in [0.15, 0.2) is 5.82 Å². The quantitative estimate of drug-likeness (QED) is 0.676. The summed E-state index contributed by atoms with van der Waals surface area (Å²) in [5.74, 6) is 0.167. The molecule has 0 radical (unpaired) electrons. The number of amides is 1. The fourth-order valence-electron chi connectivity index (χ4n) is 1.87. The van der Waals surface area contributed by atoms with Gasteiger partial charge in [0, 0.05) is 18.8 Å². The second-order valence-electron chi connectivity index (χ2n) is 3.68. The minimum absolute atomic E-state index is 0.0739. The van der Waals surface area contributed by atoms with Gasteiger partial charge in [-0.15, -0.1) is 0 Å². The van der Waals surface area contributed by atoms with Crippen molar-refractivity contribution in [2.24, 2.45) is 11.0 Å². The Balaban J connectivity index is 1.93. The average molecular weight is 218 g/mol. The number of hydrogen-bond donors (Lipinski definition) is 0. The largest absolute Gasteiger partial charge is 0.380 e. The molecule has 1 unspecified atom stereocenters. The number of hydrazone groups is 1. The molecule has 2 aliphatic rings. The molecule has 1 aromatic heterocycles. The number of nitrogens with zero attached hydrogens (tertiary/aromatic N) is 4. The number of carbonyl (C=O) groups excluding carboxylic acids is 1. The highest BCUT2D eigenvalue weighted by Crippen LogP contribution is 2.25. The lowest BCUT2D eigenvalue weighted by molar-refractivity contribution is -0.121. The van der Waals surface area contributed by atoms with Gasteiger partial charge in [-0.2, -0.15) is 10.1 Å². The van der Waals surface area contributed by atoms with Crippen molar-refractivity contribution in [2.75, 3.05) is 18.2 Å². The standard InChI is InChI=1S/C10H10N4O2/c15-10-7-6-16-4-1-8(7)13-14(10)9-5-11-2-3-12-9/h2-3,5,7H,1,4,6H2. The second kappa shape index (κ2) is 3.64. The average Bonchev–Trinajstić information content (AvgIpc) is 2.69. The number of hydrogen-bond acceptors (Lipinski definition) is 5. The van der Waals surface area contributed by atoms with Crippen LogP contribution in [0.4, 0.5) is 5.82 Å². The van der Waals surface area contributed by atoms with Crippen molar-refractivity contribution in [1.82, 2.24) is 9.97 Å². The van der Waals surface area contributed by atoms with E-state index in [1.165, 1.54) is 11.2 Å². The molecular weight excluding hydrogens is 208 g/mol. The van der Waals surface area contributed by atoms with Crippen molar-refractivity contribution >= 4 is 17.4 Å². The topological polar surface area (TPSA) is 67.7 Å². The first-order valence-corrected chi connectivity index (χ1v) is 5.11. The van der Waals surface area contributed by atoms with E-state index in [1.54, 1.807) is 12.4 Å². The number of anilines is 1. The minimum Gasteiger partial charge on any atom is -0.380 e. The molecule has 0 bridgehead atoms. The number of aromatic nitrogens is 2. The van der Waals surface area contributed by atoms with E-state index in [4.69, 9.17) is 4.74 Å². The molecule has 16 heavy (non-hydrogen) atoms. The summed E-state index contributed by atoms with van der Waals surface area (Å²) >= 11 is 0. The Morgan fingerprint density at radius 3 is 3.12 bits per heavy atom. The maximum atomic E-state index is 12.0. The SMILES string of the molecule is O=C1C2COCCC2=NN1c1cnccn1. The van der Waals surface area contributed by atoms with Crippen LogP contribution in [0.1, 0.15) is 6.42 Å². The summed E-state index contributed by atoms with van der Waals surface area (Å²) in [4.78, 5) is 20.0. The van der Waals surface area contributed by atoms with Crippen molar-refractivity contribution in [3.8, 4) is 0 Å². The normalized spacial score (nSPS) is 24.2. The zero-order valence-corrected chi connectivity index (χ0v) is 8.54. The summed E-state index contributed by atoms with van der Waals surface area (Å²) < 4.78 is 5.27. The summed E-state index contributed by atoms with van der Waals surface area (Å²) in [5.41, 5.74) is 0.891. The third-order valence-electron chi connectivity index (χ3n) is 2.69. The van der Waals surface area contributed by atoms with Gasteiger partial charge in [-0.05, 0) is 0 Å². The lowest BCUT2D eigenvalue weighted by Gasteiger charge is -2.17. The van der Waals surface area contributed by atoms with Gasteiger partial charge in [-0.1, -0.05) is 0 Å². The van der Waals surface area contributed by atoms with Crippen molar-refractivity contribution in [3.05, 3.63) is 18.6 Å². The molecule has 0 spiro atoms. The second-order valence-corrected chi connectivity index (χ2v) is 3.68. The van der Waals surface area contributed by atoms with Crippen molar-refractivity contribution in [2.45, 2.75) is 6.42 Å². The number of fused-ring (bicyclic) bond motifs is 1. The van der Waals surface area contributed by atoms with Gasteiger partial charge >= 0.3 is 0 Å². The Morgan fingerprint density at radius 1 is 1.44 bits per heavy atom. The third-order valence-corrected chi connectivity index (χ3v) is 2.69. The predicted octanol–water partition coefficient (Wildman–Crippen LogP) is 0.216. The van der Waals surface area contributed by atoms with Gasteiger partial charge in [0.05, 0.1) is 25.1 Å². The van der Waals surface area contributed by atoms with E-state index >= 15 is 0 Å². The van der Waals surface area contributed by atoms with Gasteiger partial charge in [0.2, 0.25) is 0 Å². The molecule has 6 heteroatoms. The highest BCUT2D eigenvalue weighted by Gasteiger charge is 2.38. The van der Waals surface area contributed by atoms with Crippen LogP contribution >= 0.6 is 0 Å². The summed E-state index contributed by atoms with van der Waals surface area (Å²) in [6.07, 6.45) is 5.35. The van der Waals surface area contributed by atoms with E-state index in [0.717, 1.165) is 5.71 Å². The van der Waals surface area contributed by atoms with E-state index in [1.807, 2.05) is 0 Å². The summed E-state index contributed by atoms with van der Waals surface area (Å²) in [7, 11) is 0. The number of ether oxygens (including phenoxy) is 1. The van der Waals surface area contributed by atoms with Crippen LogP contribution in [-0.2, 0) is 9.53 Å². The zero-order chi connectivity index (χ0) is 11.0. The first kappa shape index (κ1) is 9.41. The molecule has 82 valence electrons.